The van der Waals surface area contributed by atoms with Gasteiger partial charge in [-0.2, -0.15) is 10.2 Å². The lowest BCUT2D eigenvalue weighted by Gasteiger charge is -2.31. The number of hydrogen-bond donors (Lipinski definition) is 2. The number of nitrogens with zero attached hydrogens (tertiary/aromatic N) is 6. The third kappa shape index (κ3) is 4.75. The minimum absolute atomic E-state index is 0.0503. The van der Waals surface area contributed by atoms with E-state index < -0.39 is 0 Å². The summed E-state index contributed by atoms with van der Waals surface area (Å²) in [4.78, 5) is 16.7. The summed E-state index contributed by atoms with van der Waals surface area (Å²) in [6, 6.07) is 6.10. The fourth-order valence-corrected chi connectivity index (χ4v) is 6.08. The molecule has 0 spiro atoms. The number of aryl methyl sites for hydroxylation is 1. The van der Waals surface area contributed by atoms with Crippen LogP contribution >= 0.6 is 0 Å². The van der Waals surface area contributed by atoms with Gasteiger partial charge in [0.15, 0.2) is 5.82 Å². The van der Waals surface area contributed by atoms with Crippen molar-refractivity contribution in [2.24, 2.45) is 7.05 Å². The van der Waals surface area contributed by atoms with Crippen LogP contribution in [0.25, 0.3) is 11.1 Å². The summed E-state index contributed by atoms with van der Waals surface area (Å²) in [5.41, 5.74) is 4.19. The summed E-state index contributed by atoms with van der Waals surface area (Å²) in [5, 5.41) is 15.9. The standard InChI is InChI=1S/C27H35FN8O/c1-18(37)34-12-8-26-23(17-34)27(31-25-4-3-19(13-24(25)28)20-14-30-33(2)15-20)32-36(26)22-7-11-35(16-22)21-5-9-29-10-6-21/h3-4,13-15,21-22,29H,5-12,16-17H2,1-2H3,(H,31,32). The van der Waals surface area contributed by atoms with Gasteiger partial charge in [0.05, 0.1) is 24.5 Å². The molecule has 3 aromatic rings. The molecule has 1 amide bonds. The second-order valence-corrected chi connectivity index (χ2v) is 10.5. The summed E-state index contributed by atoms with van der Waals surface area (Å²) in [6.45, 7) is 7.03. The Bertz CT molecular complexity index is 1290. The van der Waals surface area contributed by atoms with E-state index in [1.807, 2.05) is 24.2 Å². The van der Waals surface area contributed by atoms with Gasteiger partial charge in [-0.05, 0) is 50.0 Å². The summed E-state index contributed by atoms with van der Waals surface area (Å²) in [5.74, 6) is 0.352. The number of hydrogen-bond acceptors (Lipinski definition) is 6. The van der Waals surface area contributed by atoms with Crippen molar-refractivity contribution in [2.75, 3.05) is 38.0 Å². The van der Waals surface area contributed by atoms with E-state index in [0.29, 0.717) is 36.7 Å². The average Bonchev–Trinajstić information content (AvgIpc) is 3.64. The molecule has 3 aliphatic rings. The Balaban J connectivity index is 1.28. The van der Waals surface area contributed by atoms with Crippen LogP contribution < -0.4 is 10.6 Å². The lowest BCUT2D eigenvalue weighted by molar-refractivity contribution is -0.129. The molecule has 1 unspecified atom stereocenters. The van der Waals surface area contributed by atoms with Gasteiger partial charge >= 0.3 is 0 Å². The van der Waals surface area contributed by atoms with Gasteiger partial charge in [0.1, 0.15) is 5.82 Å². The van der Waals surface area contributed by atoms with Crippen molar-refractivity contribution < 1.29 is 9.18 Å². The van der Waals surface area contributed by atoms with Crippen LogP contribution in [0, 0.1) is 5.82 Å². The molecule has 0 saturated carbocycles. The van der Waals surface area contributed by atoms with Crippen LogP contribution in [0.15, 0.2) is 30.6 Å². The normalized spacial score (nSPS) is 20.8. The topological polar surface area (TPSA) is 83.2 Å². The summed E-state index contributed by atoms with van der Waals surface area (Å²) >= 11 is 0. The predicted octanol–water partition coefficient (Wildman–Crippen LogP) is 3.07. The molecule has 0 aliphatic carbocycles. The summed E-state index contributed by atoms with van der Waals surface area (Å²) in [6.07, 6.45) is 7.80. The van der Waals surface area contributed by atoms with Crippen molar-refractivity contribution in [1.29, 1.82) is 0 Å². The smallest absolute Gasteiger partial charge is 0.219 e. The Kier molecular flexibility index (Phi) is 6.46. The first-order valence-corrected chi connectivity index (χ1v) is 13.3. The highest BCUT2D eigenvalue weighted by Gasteiger charge is 2.34. The monoisotopic (exact) mass is 506 g/mol. The van der Waals surface area contributed by atoms with E-state index in [9.17, 15) is 4.79 Å². The Labute approximate surface area is 216 Å². The molecule has 1 aromatic carbocycles. The van der Waals surface area contributed by atoms with Crippen LogP contribution in [-0.4, -0.2) is 74.0 Å². The highest BCUT2D eigenvalue weighted by Crippen LogP contribution is 2.35. The van der Waals surface area contributed by atoms with E-state index in [0.717, 1.165) is 55.7 Å². The number of carbonyl (C=O) groups excluding carboxylic acids is 1. The number of rotatable bonds is 5. The van der Waals surface area contributed by atoms with Crippen molar-refractivity contribution in [3.8, 4) is 11.1 Å². The molecule has 2 aromatic heterocycles. The number of carbonyl (C=O) groups is 1. The molecule has 0 bridgehead atoms. The predicted molar refractivity (Wildman–Crippen MR) is 140 cm³/mol. The first kappa shape index (κ1) is 24.1. The molecule has 9 nitrogen and oxygen atoms in total. The van der Waals surface area contributed by atoms with E-state index in [-0.39, 0.29) is 11.7 Å². The Hall–Kier alpha value is -3.24. The second kappa shape index (κ2) is 9.90. The van der Waals surface area contributed by atoms with Gasteiger partial charge in [-0.1, -0.05) is 6.07 Å². The molecule has 6 rings (SSSR count). The van der Waals surface area contributed by atoms with E-state index in [1.54, 1.807) is 23.9 Å². The van der Waals surface area contributed by atoms with Crippen LogP contribution in [0.4, 0.5) is 15.9 Å². The third-order valence-corrected chi connectivity index (χ3v) is 8.16. The number of piperidine rings is 1. The number of nitrogens with one attached hydrogen (secondary N) is 2. The van der Waals surface area contributed by atoms with Crippen LogP contribution in [0.2, 0.25) is 0 Å². The molecule has 1 atom stereocenters. The fourth-order valence-electron chi connectivity index (χ4n) is 6.08. The zero-order valence-electron chi connectivity index (χ0n) is 21.6. The molecule has 2 saturated heterocycles. The molecule has 0 radical (unpaired) electrons. The maximum atomic E-state index is 15.2. The molecule has 3 aliphatic heterocycles. The van der Waals surface area contributed by atoms with Crippen molar-refractivity contribution in [1.82, 2.24) is 34.7 Å². The number of aromatic nitrogens is 4. The maximum Gasteiger partial charge on any atom is 0.219 e. The van der Waals surface area contributed by atoms with Gasteiger partial charge < -0.3 is 15.5 Å². The van der Waals surface area contributed by atoms with E-state index in [2.05, 4.69) is 25.3 Å². The Morgan fingerprint density at radius 2 is 1.97 bits per heavy atom. The SMILES string of the molecule is CC(=O)N1CCc2c(c(Nc3ccc(-c4cnn(C)c4)cc3F)nn2C2CCN(C3CCNCC3)C2)C1. The quantitative estimate of drug-likeness (QED) is 0.554. The van der Waals surface area contributed by atoms with Crippen LogP contribution in [0.1, 0.15) is 43.5 Å². The van der Waals surface area contributed by atoms with Gasteiger partial charge in [0.25, 0.3) is 0 Å². The van der Waals surface area contributed by atoms with Gasteiger partial charge in [-0.15, -0.1) is 0 Å². The number of amides is 1. The molecule has 37 heavy (non-hydrogen) atoms. The minimum Gasteiger partial charge on any atom is -0.338 e. The highest BCUT2D eigenvalue weighted by molar-refractivity contribution is 5.74. The van der Waals surface area contributed by atoms with Gasteiger partial charge in [-0.3, -0.25) is 19.1 Å². The highest BCUT2D eigenvalue weighted by atomic mass is 19.1. The van der Waals surface area contributed by atoms with E-state index in [1.165, 1.54) is 24.6 Å². The van der Waals surface area contributed by atoms with Gasteiger partial charge in [0, 0.05) is 69.1 Å². The molecule has 5 heterocycles. The summed E-state index contributed by atoms with van der Waals surface area (Å²) < 4.78 is 19.1. The minimum atomic E-state index is -0.346. The molecule has 2 N–H and O–H groups in total. The third-order valence-electron chi connectivity index (χ3n) is 8.16. The fraction of sp³-hybridized carbons (Fsp3) is 0.519. The lowest BCUT2D eigenvalue weighted by Crippen LogP contribution is -2.42. The lowest BCUT2D eigenvalue weighted by atomic mass is 10.1. The largest absolute Gasteiger partial charge is 0.338 e. The number of likely N-dealkylation sites (tertiary alicyclic amines) is 1. The molecular formula is C27H35FN8O. The first-order chi connectivity index (χ1) is 18.0. The van der Waals surface area contributed by atoms with E-state index in [4.69, 9.17) is 5.10 Å². The zero-order valence-corrected chi connectivity index (χ0v) is 21.6. The van der Waals surface area contributed by atoms with Gasteiger partial charge in [0.2, 0.25) is 5.91 Å². The molecular weight excluding hydrogens is 471 g/mol. The Morgan fingerprint density at radius 1 is 1.14 bits per heavy atom. The van der Waals surface area contributed by atoms with Gasteiger partial charge in [-0.25, -0.2) is 4.39 Å². The number of halogens is 1. The summed E-state index contributed by atoms with van der Waals surface area (Å²) in [7, 11) is 1.84. The van der Waals surface area contributed by atoms with Crippen molar-refractivity contribution in [3.05, 3.63) is 47.7 Å². The molecule has 2 fully saturated rings. The van der Waals surface area contributed by atoms with Crippen LogP contribution in [0.3, 0.4) is 0 Å². The van der Waals surface area contributed by atoms with Crippen molar-refractivity contribution in [3.63, 3.8) is 0 Å². The molecule has 196 valence electrons. The zero-order chi connectivity index (χ0) is 25.5. The number of benzene rings is 1. The number of fused-ring (bicyclic) bond motifs is 1. The van der Waals surface area contributed by atoms with Crippen LogP contribution in [0.5, 0.6) is 0 Å². The first-order valence-electron chi connectivity index (χ1n) is 13.3. The maximum absolute atomic E-state index is 15.2. The average molecular weight is 507 g/mol. The second-order valence-electron chi connectivity index (χ2n) is 10.5. The van der Waals surface area contributed by atoms with Crippen LogP contribution in [-0.2, 0) is 24.8 Å². The number of anilines is 2. The van der Waals surface area contributed by atoms with E-state index >= 15 is 4.39 Å². The Morgan fingerprint density at radius 3 is 2.70 bits per heavy atom. The van der Waals surface area contributed by atoms with Crippen molar-refractivity contribution in [2.45, 2.75) is 51.2 Å². The van der Waals surface area contributed by atoms with Crippen molar-refractivity contribution >= 4 is 17.4 Å². The molecule has 10 heteroatoms.